The Hall–Kier alpha value is -2.54. The van der Waals surface area contributed by atoms with Crippen LogP contribution in [0, 0.1) is 17.5 Å². The van der Waals surface area contributed by atoms with Gasteiger partial charge in [0, 0.05) is 12.1 Å². The van der Waals surface area contributed by atoms with Crippen molar-refractivity contribution >= 4 is 5.91 Å². The molecule has 3 rings (SSSR count). The molecule has 1 aliphatic heterocycles. The molecule has 1 heterocycles. The Morgan fingerprint density at radius 2 is 1.88 bits per heavy atom. The van der Waals surface area contributed by atoms with E-state index in [2.05, 4.69) is 0 Å². The number of halogens is 3. The molecule has 0 bridgehead atoms. The summed E-state index contributed by atoms with van der Waals surface area (Å²) in [5.41, 5.74) is 0.0824. The molecular weight excluding hydrogens is 335 g/mol. The Bertz CT molecular complexity index is 752. The van der Waals surface area contributed by atoms with Crippen LogP contribution in [0.15, 0.2) is 42.5 Å². The van der Waals surface area contributed by atoms with Gasteiger partial charge >= 0.3 is 0 Å². The topological polar surface area (TPSA) is 38.8 Å². The van der Waals surface area contributed by atoms with Gasteiger partial charge in [-0.25, -0.2) is 13.2 Å². The maximum atomic E-state index is 13.3. The predicted octanol–water partition coefficient (Wildman–Crippen LogP) is 3.02. The highest BCUT2D eigenvalue weighted by molar-refractivity contribution is 5.94. The van der Waals surface area contributed by atoms with Crippen molar-refractivity contribution in [2.75, 3.05) is 26.3 Å². The highest BCUT2D eigenvalue weighted by Gasteiger charge is 2.26. The van der Waals surface area contributed by atoms with Gasteiger partial charge in [0.15, 0.2) is 11.6 Å². The molecule has 0 aromatic heterocycles. The number of nitrogens with zero attached hydrogens (tertiary/aromatic N) is 1. The first-order valence-electron chi connectivity index (χ1n) is 7.77. The van der Waals surface area contributed by atoms with Crippen molar-refractivity contribution in [2.24, 2.45) is 0 Å². The zero-order valence-electron chi connectivity index (χ0n) is 13.3. The lowest BCUT2D eigenvalue weighted by Crippen LogP contribution is -2.47. The summed E-state index contributed by atoms with van der Waals surface area (Å²) in [6.07, 6.45) is -0.368. The van der Waals surface area contributed by atoms with Gasteiger partial charge in [0.25, 0.3) is 5.91 Å². The molecule has 0 N–H and O–H groups in total. The third-order valence-corrected chi connectivity index (χ3v) is 3.84. The van der Waals surface area contributed by atoms with Crippen LogP contribution < -0.4 is 4.74 Å². The molecule has 7 heteroatoms. The standard InChI is InChI=1S/C18H16F3NO3/c19-13-2-4-14(5-3-13)25-11-15-10-22(7-8-24-15)18(23)12-1-6-16(20)17(21)9-12/h1-6,9,15H,7-8,10-11H2. The Morgan fingerprint density at radius 1 is 1.12 bits per heavy atom. The first-order chi connectivity index (χ1) is 12.0. The fourth-order valence-electron chi connectivity index (χ4n) is 2.54. The number of amides is 1. The van der Waals surface area contributed by atoms with Gasteiger partial charge in [-0.05, 0) is 42.5 Å². The maximum Gasteiger partial charge on any atom is 0.254 e. The molecule has 0 spiro atoms. The third-order valence-electron chi connectivity index (χ3n) is 3.84. The van der Waals surface area contributed by atoms with E-state index in [9.17, 15) is 18.0 Å². The highest BCUT2D eigenvalue weighted by atomic mass is 19.2. The molecule has 25 heavy (non-hydrogen) atoms. The lowest BCUT2D eigenvalue weighted by Gasteiger charge is -2.33. The zero-order valence-corrected chi connectivity index (χ0v) is 13.3. The van der Waals surface area contributed by atoms with E-state index < -0.39 is 17.5 Å². The first-order valence-corrected chi connectivity index (χ1v) is 7.77. The largest absolute Gasteiger partial charge is 0.491 e. The van der Waals surface area contributed by atoms with Crippen LogP contribution in [-0.2, 0) is 4.74 Å². The molecule has 1 atom stereocenters. The summed E-state index contributed by atoms with van der Waals surface area (Å²) in [6, 6.07) is 8.65. The number of rotatable bonds is 4. The molecule has 1 saturated heterocycles. The molecule has 1 unspecified atom stereocenters. The number of hydrogen-bond donors (Lipinski definition) is 0. The third kappa shape index (κ3) is 4.30. The first kappa shape index (κ1) is 17.3. The van der Waals surface area contributed by atoms with Gasteiger partial charge in [0.2, 0.25) is 0 Å². The van der Waals surface area contributed by atoms with E-state index in [-0.39, 0.29) is 30.6 Å². The average Bonchev–Trinajstić information content (AvgIpc) is 2.63. The van der Waals surface area contributed by atoms with E-state index in [0.29, 0.717) is 18.9 Å². The van der Waals surface area contributed by atoms with E-state index in [4.69, 9.17) is 9.47 Å². The SMILES string of the molecule is O=C(c1ccc(F)c(F)c1)N1CCOC(COc2ccc(F)cc2)C1. The van der Waals surface area contributed by atoms with Crippen molar-refractivity contribution in [2.45, 2.75) is 6.10 Å². The van der Waals surface area contributed by atoms with Gasteiger partial charge in [-0.15, -0.1) is 0 Å². The lowest BCUT2D eigenvalue weighted by atomic mass is 10.1. The van der Waals surface area contributed by atoms with Crippen LogP contribution in [0.25, 0.3) is 0 Å². The van der Waals surface area contributed by atoms with E-state index >= 15 is 0 Å². The maximum absolute atomic E-state index is 13.3. The van der Waals surface area contributed by atoms with Crippen LogP contribution in [-0.4, -0.2) is 43.2 Å². The summed E-state index contributed by atoms with van der Waals surface area (Å²) in [6.45, 7) is 1.12. The molecule has 0 aliphatic carbocycles. The van der Waals surface area contributed by atoms with Crippen LogP contribution in [0.2, 0.25) is 0 Å². The van der Waals surface area contributed by atoms with Crippen LogP contribution in [0.5, 0.6) is 5.75 Å². The van der Waals surface area contributed by atoms with Crippen molar-refractivity contribution in [1.82, 2.24) is 4.90 Å². The minimum Gasteiger partial charge on any atom is -0.491 e. The van der Waals surface area contributed by atoms with Gasteiger partial charge in [-0.2, -0.15) is 0 Å². The van der Waals surface area contributed by atoms with E-state index in [1.165, 1.54) is 35.2 Å². The minimum atomic E-state index is -1.06. The van der Waals surface area contributed by atoms with Crippen molar-refractivity contribution in [3.63, 3.8) is 0 Å². The summed E-state index contributed by atoms with van der Waals surface area (Å²) >= 11 is 0. The summed E-state index contributed by atoms with van der Waals surface area (Å²) in [5.74, 6) is -2.31. The van der Waals surface area contributed by atoms with Gasteiger partial charge in [-0.1, -0.05) is 0 Å². The normalized spacial score (nSPS) is 17.4. The Balaban J connectivity index is 1.59. The fraction of sp³-hybridized carbons (Fsp3) is 0.278. The van der Waals surface area contributed by atoms with Crippen molar-refractivity contribution in [3.8, 4) is 5.75 Å². The molecule has 132 valence electrons. The number of hydrogen-bond acceptors (Lipinski definition) is 3. The predicted molar refractivity (Wildman–Crippen MR) is 83.9 cm³/mol. The second-order valence-electron chi connectivity index (χ2n) is 5.64. The molecule has 0 radical (unpaired) electrons. The monoisotopic (exact) mass is 351 g/mol. The minimum absolute atomic E-state index is 0.0824. The van der Waals surface area contributed by atoms with E-state index in [1.807, 2.05) is 0 Å². The smallest absolute Gasteiger partial charge is 0.254 e. The molecule has 4 nitrogen and oxygen atoms in total. The number of morpholine rings is 1. The van der Waals surface area contributed by atoms with Crippen molar-refractivity contribution in [1.29, 1.82) is 0 Å². The van der Waals surface area contributed by atoms with Crippen LogP contribution in [0.4, 0.5) is 13.2 Å². The van der Waals surface area contributed by atoms with Gasteiger partial charge in [0.05, 0.1) is 13.2 Å². The van der Waals surface area contributed by atoms with Crippen LogP contribution in [0.3, 0.4) is 0 Å². The Labute approximate surface area is 142 Å². The van der Waals surface area contributed by atoms with Crippen LogP contribution in [0.1, 0.15) is 10.4 Å². The average molecular weight is 351 g/mol. The molecule has 1 aliphatic rings. The van der Waals surface area contributed by atoms with Crippen molar-refractivity contribution in [3.05, 3.63) is 65.5 Å². The fourth-order valence-corrected chi connectivity index (χ4v) is 2.54. The van der Waals surface area contributed by atoms with Gasteiger partial charge < -0.3 is 14.4 Å². The number of carbonyl (C=O) groups is 1. The Morgan fingerprint density at radius 3 is 2.60 bits per heavy atom. The molecule has 2 aromatic rings. The molecule has 1 fully saturated rings. The highest BCUT2D eigenvalue weighted by Crippen LogP contribution is 2.16. The lowest BCUT2D eigenvalue weighted by molar-refractivity contribution is -0.0401. The number of ether oxygens (including phenoxy) is 2. The van der Waals surface area contributed by atoms with E-state index in [0.717, 1.165) is 12.1 Å². The number of benzene rings is 2. The van der Waals surface area contributed by atoms with E-state index in [1.54, 1.807) is 0 Å². The zero-order chi connectivity index (χ0) is 17.8. The molecule has 2 aromatic carbocycles. The van der Waals surface area contributed by atoms with Crippen molar-refractivity contribution < 1.29 is 27.4 Å². The van der Waals surface area contributed by atoms with Gasteiger partial charge in [0.1, 0.15) is 24.3 Å². The quantitative estimate of drug-likeness (QED) is 0.850. The Kier molecular flexibility index (Phi) is 5.23. The van der Waals surface area contributed by atoms with Gasteiger partial charge in [-0.3, -0.25) is 4.79 Å². The molecule has 0 saturated carbocycles. The summed E-state index contributed by atoms with van der Waals surface area (Å²) in [5, 5.41) is 0. The van der Waals surface area contributed by atoms with Crippen LogP contribution >= 0.6 is 0 Å². The number of carbonyl (C=O) groups excluding carboxylic acids is 1. The summed E-state index contributed by atoms with van der Waals surface area (Å²) < 4.78 is 50.2. The second-order valence-corrected chi connectivity index (χ2v) is 5.64. The molecule has 1 amide bonds. The summed E-state index contributed by atoms with van der Waals surface area (Å²) in [4.78, 5) is 13.9. The molecular formula is C18H16F3NO3. The second kappa shape index (κ2) is 7.57. The summed E-state index contributed by atoms with van der Waals surface area (Å²) in [7, 11) is 0.